The highest BCUT2D eigenvalue weighted by Crippen LogP contribution is 2.35. The van der Waals surface area contributed by atoms with Crippen LogP contribution in [0, 0.1) is 11.3 Å². The number of anilines is 4. The molecular weight excluding hydrogens is 518 g/mol. The summed E-state index contributed by atoms with van der Waals surface area (Å²) < 4.78 is 16.1. The van der Waals surface area contributed by atoms with Gasteiger partial charge in [0.05, 0.1) is 26.4 Å². The highest BCUT2D eigenvalue weighted by molar-refractivity contribution is 6.10. The third kappa shape index (κ3) is 7.42. The first-order valence-corrected chi connectivity index (χ1v) is 14.1. The minimum absolute atomic E-state index is 0.0660. The maximum Gasteiger partial charge on any atom is 0.357 e. The lowest BCUT2D eigenvalue weighted by atomic mass is 9.91. The highest BCUT2D eigenvalue weighted by Gasteiger charge is 2.23. The van der Waals surface area contributed by atoms with Crippen LogP contribution in [0.4, 0.5) is 22.9 Å². The molecule has 0 spiro atoms. The Morgan fingerprint density at radius 2 is 1.88 bits per heavy atom. The molecule has 1 aromatic heterocycles. The van der Waals surface area contributed by atoms with Crippen LogP contribution in [0.1, 0.15) is 36.8 Å². The van der Waals surface area contributed by atoms with Gasteiger partial charge < -0.3 is 34.7 Å². The zero-order valence-electron chi connectivity index (χ0n) is 24.7. The molecule has 0 amide bonds. The lowest BCUT2D eigenvalue weighted by Gasteiger charge is -2.29. The third-order valence-corrected chi connectivity index (χ3v) is 7.09. The van der Waals surface area contributed by atoms with E-state index in [1.807, 2.05) is 57.3 Å². The maximum atomic E-state index is 12.9. The first-order valence-electron chi connectivity index (χ1n) is 14.1. The van der Waals surface area contributed by atoms with E-state index in [0.717, 1.165) is 47.8 Å². The number of benzene rings is 2. The van der Waals surface area contributed by atoms with Crippen LogP contribution < -0.4 is 15.1 Å². The van der Waals surface area contributed by atoms with Crippen LogP contribution in [0.5, 0.6) is 0 Å². The summed E-state index contributed by atoms with van der Waals surface area (Å²) in [5.74, 6) is -0.126. The number of hydrogen-bond donors (Lipinski definition) is 2. The normalized spacial score (nSPS) is 13.3. The number of ether oxygens (including phenoxy) is 3. The van der Waals surface area contributed by atoms with Crippen molar-refractivity contribution in [2.24, 2.45) is 5.92 Å². The van der Waals surface area contributed by atoms with Gasteiger partial charge in [-0.15, -0.1) is 0 Å². The van der Waals surface area contributed by atoms with Gasteiger partial charge in [0, 0.05) is 62.1 Å². The number of carbonyl (C=O) groups excluding carboxylic acids is 1. The molecule has 1 saturated heterocycles. The Balaban J connectivity index is 1.80. The van der Waals surface area contributed by atoms with Gasteiger partial charge in [0.15, 0.2) is 5.69 Å². The van der Waals surface area contributed by atoms with Crippen molar-refractivity contribution < 1.29 is 19.0 Å². The Bertz CT molecular complexity index is 1340. The van der Waals surface area contributed by atoms with E-state index in [1.54, 1.807) is 20.1 Å². The van der Waals surface area contributed by atoms with Gasteiger partial charge in [0.2, 0.25) is 0 Å². The average molecular weight is 560 g/mol. The smallest absolute Gasteiger partial charge is 0.357 e. The van der Waals surface area contributed by atoms with Crippen LogP contribution >= 0.6 is 0 Å². The third-order valence-electron chi connectivity index (χ3n) is 7.09. The Hall–Kier alpha value is -3.95. The number of aromatic nitrogens is 1. The van der Waals surface area contributed by atoms with Crippen LogP contribution in [0.25, 0.3) is 11.1 Å². The lowest BCUT2D eigenvalue weighted by Crippen LogP contribution is -2.36. The molecular formula is C32H41N5O4. The molecule has 2 aromatic carbocycles. The maximum absolute atomic E-state index is 12.9. The van der Waals surface area contributed by atoms with Crippen LogP contribution in [-0.4, -0.2) is 76.9 Å². The monoisotopic (exact) mass is 559 g/mol. The summed E-state index contributed by atoms with van der Waals surface area (Å²) in [5, 5.41) is 12.5. The summed E-state index contributed by atoms with van der Waals surface area (Å²) in [5.41, 5.74) is 5.85. The number of rotatable bonds is 12. The molecule has 0 radical (unpaired) electrons. The minimum Gasteiger partial charge on any atom is -0.461 e. The van der Waals surface area contributed by atoms with Crippen molar-refractivity contribution in [2.45, 2.75) is 20.8 Å². The van der Waals surface area contributed by atoms with Crippen LogP contribution in [-0.2, 0) is 14.2 Å². The van der Waals surface area contributed by atoms with Crippen LogP contribution in [0.2, 0.25) is 0 Å². The molecule has 1 aliphatic rings. The van der Waals surface area contributed by atoms with Gasteiger partial charge in [-0.2, -0.15) is 0 Å². The van der Waals surface area contributed by atoms with E-state index in [1.165, 1.54) is 0 Å². The van der Waals surface area contributed by atoms with E-state index in [4.69, 9.17) is 24.6 Å². The first kappa shape index (κ1) is 30.0. The van der Waals surface area contributed by atoms with Gasteiger partial charge in [0.25, 0.3) is 0 Å². The van der Waals surface area contributed by atoms with Gasteiger partial charge in [-0.25, -0.2) is 9.78 Å². The number of carbonyl (C=O) groups is 1. The molecule has 218 valence electrons. The fraction of sp³-hybridized carbons (Fsp3) is 0.406. The molecule has 0 unspecified atom stereocenters. The van der Waals surface area contributed by atoms with E-state index < -0.39 is 5.97 Å². The molecule has 1 fully saturated rings. The molecule has 1 aliphatic heterocycles. The SMILES string of the molecule is CCOC(=O)c1cc(-c2ccc(N3CCOCC3)cc2)c(C(=N)C(C)C)c(Nc2cccc(N(C)CCOC)c2)n1. The second kappa shape index (κ2) is 14.1. The van der Waals surface area contributed by atoms with E-state index in [-0.39, 0.29) is 18.2 Å². The van der Waals surface area contributed by atoms with Crippen molar-refractivity contribution in [2.75, 3.05) is 75.3 Å². The molecule has 41 heavy (non-hydrogen) atoms. The Morgan fingerprint density at radius 3 is 2.54 bits per heavy atom. The summed E-state index contributed by atoms with van der Waals surface area (Å²) in [6, 6.07) is 18.0. The minimum atomic E-state index is -0.502. The predicted molar refractivity (Wildman–Crippen MR) is 165 cm³/mol. The van der Waals surface area contributed by atoms with Gasteiger partial charge in [-0.1, -0.05) is 32.0 Å². The van der Waals surface area contributed by atoms with Crippen molar-refractivity contribution in [3.05, 3.63) is 65.9 Å². The molecule has 0 aliphatic carbocycles. The molecule has 9 heteroatoms. The molecule has 2 N–H and O–H groups in total. The Labute approximate surface area is 242 Å². The summed E-state index contributed by atoms with van der Waals surface area (Å²) in [6.07, 6.45) is 0. The summed E-state index contributed by atoms with van der Waals surface area (Å²) in [4.78, 5) is 22.1. The largest absolute Gasteiger partial charge is 0.461 e. The predicted octanol–water partition coefficient (Wildman–Crippen LogP) is 5.61. The standard InChI is InChI=1S/C32H41N5O4/c1-6-41-32(38)28-21-27(23-10-12-25(13-11-23)37-15-18-40-19-16-37)29(30(33)22(2)3)31(35-28)34-24-8-7-9-26(20-24)36(4)14-17-39-5/h7-13,20-22,33H,6,14-19H2,1-5H3,(H,34,35). The number of morpholine rings is 1. The van der Waals surface area contributed by atoms with Crippen LogP contribution in [0.15, 0.2) is 54.6 Å². The topological polar surface area (TPSA) is 100 Å². The fourth-order valence-electron chi connectivity index (χ4n) is 4.72. The number of pyridine rings is 1. The zero-order valence-corrected chi connectivity index (χ0v) is 24.7. The van der Waals surface area contributed by atoms with Gasteiger partial charge in [-0.05, 0) is 60.4 Å². The van der Waals surface area contributed by atoms with Crippen LogP contribution in [0.3, 0.4) is 0 Å². The highest BCUT2D eigenvalue weighted by atomic mass is 16.5. The van der Waals surface area contributed by atoms with E-state index in [0.29, 0.717) is 36.9 Å². The summed E-state index contributed by atoms with van der Waals surface area (Å²) >= 11 is 0. The summed E-state index contributed by atoms with van der Waals surface area (Å²) in [6.45, 7) is 10.5. The second-order valence-corrected chi connectivity index (χ2v) is 10.3. The number of nitrogens with zero attached hydrogens (tertiary/aromatic N) is 3. The fourth-order valence-corrected chi connectivity index (χ4v) is 4.72. The quantitative estimate of drug-likeness (QED) is 0.218. The van der Waals surface area contributed by atoms with Gasteiger partial charge >= 0.3 is 5.97 Å². The number of esters is 1. The lowest BCUT2D eigenvalue weighted by molar-refractivity contribution is 0.0519. The van der Waals surface area contributed by atoms with Crippen molar-refractivity contribution in [1.82, 2.24) is 4.98 Å². The number of likely N-dealkylation sites (N-methyl/N-ethyl adjacent to an activating group) is 1. The molecule has 0 atom stereocenters. The van der Waals surface area contributed by atoms with Gasteiger partial charge in [0.1, 0.15) is 5.82 Å². The summed E-state index contributed by atoms with van der Waals surface area (Å²) in [7, 11) is 3.70. The van der Waals surface area contributed by atoms with Crippen molar-refractivity contribution in [1.29, 1.82) is 5.41 Å². The number of hydrogen-bond acceptors (Lipinski definition) is 9. The van der Waals surface area contributed by atoms with Crippen molar-refractivity contribution in [3.63, 3.8) is 0 Å². The van der Waals surface area contributed by atoms with Crippen molar-refractivity contribution in [3.8, 4) is 11.1 Å². The van der Waals surface area contributed by atoms with E-state index in [2.05, 4.69) is 27.2 Å². The second-order valence-electron chi connectivity index (χ2n) is 10.3. The van der Waals surface area contributed by atoms with Gasteiger partial charge in [-0.3, -0.25) is 0 Å². The molecule has 3 aromatic rings. The molecule has 9 nitrogen and oxygen atoms in total. The van der Waals surface area contributed by atoms with E-state index in [9.17, 15) is 4.79 Å². The molecule has 2 heterocycles. The Kier molecular flexibility index (Phi) is 10.3. The molecule has 0 saturated carbocycles. The molecule has 0 bridgehead atoms. The average Bonchev–Trinajstić information content (AvgIpc) is 3.00. The Morgan fingerprint density at radius 1 is 1.15 bits per heavy atom. The molecule has 4 rings (SSSR count). The number of methoxy groups -OCH3 is 1. The zero-order chi connectivity index (χ0) is 29.4. The van der Waals surface area contributed by atoms with Crippen molar-refractivity contribution >= 4 is 34.6 Å². The number of nitrogens with one attached hydrogen (secondary N) is 2. The van der Waals surface area contributed by atoms with E-state index >= 15 is 0 Å². The first-order chi connectivity index (χ1) is 19.8.